The van der Waals surface area contributed by atoms with Crippen LogP contribution >= 0.6 is 23.1 Å². The molecule has 2 aromatic rings. The average molecular weight is 363 g/mol. The molecule has 24 heavy (non-hydrogen) atoms. The minimum Gasteiger partial charge on any atom is -0.496 e. The molecule has 3 N–H and O–H groups in total. The number of hydrogen-bond acceptors (Lipinski definition) is 6. The first kappa shape index (κ1) is 16.8. The van der Waals surface area contributed by atoms with Gasteiger partial charge in [-0.25, -0.2) is 4.98 Å². The number of benzene rings is 1. The van der Waals surface area contributed by atoms with Gasteiger partial charge in [0.05, 0.1) is 23.1 Å². The van der Waals surface area contributed by atoms with Gasteiger partial charge in [0.15, 0.2) is 5.13 Å². The number of carbonyl (C=O) groups is 2. The molecule has 1 saturated carbocycles. The number of thiazole rings is 1. The Balaban J connectivity index is 1.78. The second-order valence-electron chi connectivity index (χ2n) is 5.53. The molecule has 1 fully saturated rings. The molecule has 3 rings (SSSR count). The van der Waals surface area contributed by atoms with E-state index in [2.05, 4.69) is 10.3 Å². The fourth-order valence-corrected chi connectivity index (χ4v) is 4.10. The Bertz CT molecular complexity index is 800. The monoisotopic (exact) mass is 363 g/mol. The van der Waals surface area contributed by atoms with Crippen LogP contribution in [0.25, 0.3) is 0 Å². The van der Waals surface area contributed by atoms with Gasteiger partial charge in [-0.15, -0.1) is 0 Å². The van der Waals surface area contributed by atoms with Gasteiger partial charge in [-0.2, -0.15) is 0 Å². The van der Waals surface area contributed by atoms with E-state index in [4.69, 9.17) is 10.5 Å². The third-order valence-corrected chi connectivity index (χ3v) is 5.81. The van der Waals surface area contributed by atoms with Gasteiger partial charge in [-0.05, 0) is 37.5 Å². The van der Waals surface area contributed by atoms with E-state index in [0.29, 0.717) is 16.4 Å². The highest BCUT2D eigenvalue weighted by Gasteiger charge is 2.30. The van der Waals surface area contributed by atoms with Crippen LogP contribution in [0.4, 0.5) is 5.13 Å². The summed E-state index contributed by atoms with van der Waals surface area (Å²) in [6.45, 7) is 1.94. The largest absolute Gasteiger partial charge is 0.496 e. The van der Waals surface area contributed by atoms with Crippen molar-refractivity contribution in [1.29, 1.82) is 0 Å². The summed E-state index contributed by atoms with van der Waals surface area (Å²) in [6.07, 6.45) is 3.63. The lowest BCUT2D eigenvalue weighted by molar-refractivity contribution is -0.117. The molecule has 0 saturated heterocycles. The van der Waals surface area contributed by atoms with Crippen LogP contribution in [-0.2, 0) is 4.79 Å². The number of carbonyl (C=O) groups excluding carboxylic acids is 2. The Morgan fingerprint density at radius 3 is 2.79 bits per heavy atom. The van der Waals surface area contributed by atoms with Crippen LogP contribution in [0.1, 0.15) is 28.8 Å². The standard InChI is InChI=1S/C16H17N3O3S2/c1-8-5-11(22-2)10(14(17)20)6-12(8)23-13-7-18-16(24-13)19-15(21)9-3-4-9/h5-7,9H,3-4H2,1-2H3,(H2,17,20)(H,18,19,21). The second kappa shape index (κ2) is 6.82. The number of methoxy groups -OCH3 is 1. The molecule has 8 heteroatoms. The molecule has 126 valence electrons. The van der Waals surface area contributed by atoms with Gasteiger partial charge in [0.2, 0.25) is 5.91 Å². The lowest BCUT2D eigenvalue weighted by Crippen LogP contribution is -2.12. The maximum atomic E-state index is 11.8. The predicted molar refractivity (Wildman–Crippen MR) is 93.8 cm³/mol. The lowest BCUT2D eigenvalue weighted by Gasteiger charge is -2.10. The summed E-state index contributed by atoms with van der Waals surface area (Å²) in [6, 6.07) is 3.52. The molecule has 0 atom stereocenters. The zero-order chi connectivity index (χ0) is 17.3. The number of nitrogens with one attached hydrogen (secondary N) is 1. The second-order valence-corrected chi connectivity index (χ2v) is 7.91. The van der Waals surface area contributed by atoms with Gasteiger partial charge in [0.1, 0.15) is 5.75 Å². The van der Waals surface area contributed by atoms with Crippen molar-refractivity contribution in [3.8, 4) is 5.75 Å². The summed E-state index contributed by atoms with van der Waals surface area (Å²) in [5.74, 6) is 0.117. The van der Waals surface area contributed by atoms with Gasteiger partial charge in [0, 0.05) is 10.8 Å². The summed E-state index contributed by atoms with van der Waals surface area (Å²) in [5, 5.41) is 3.43. The normalized spacial score (nSPS) is 13.6. The number of nitrogens with zero attached hydrogens (tertiary/aromatic N) is 1. The highest BCUT2D eigenvalue weighted by molar-refractivity contribution is 8.01. The quantitative estimate of drug-likeness (QED) is 0.822. The van der Waals surface area contributed by atoms with E-state index < -0.39 is 5.91 Å². The number of primary amides is 1. The Morgan fingerprint density at radius 2 is 2.17 bits per heavy atom. The number of aromatic nitrogens is 1. The third-order valence-electron chi connectivity index (χ3n) is 3.64. The van der Waals surface area contributed by atoms with Crippen molar-refractivity contribution in [3.63, 3.8) is 0 Å². The van der Waals surface area contributed by atoms with Crippen LogP contribution in [-0.4, -0.2) is 23.9 Å². The molecule has 1 aliphatic carbocycles. The summed E-state index contributed by atoms with van der Waals surface area (Å²) < 4.78 is 6.12. The van der Waals surface area contributed by atoms with Crippen LogP contribution in [0.2, 0.25) is 0 Å². The van der Waals surface area contributed by atoms with Gasteiger partial charge in [0.25, 0.3) is 5.91 Å². The Labute approximate surface area is 147 Å². The summed E-state index contributed by atoms with van der Waals surface area (Å²) in [7, 11) is 1.51. The molecule has 0 aliphatic heterocycles. The fourth-order valence-electron chi connectivity index (χ4n) is 2.16. The molecule has 2 amide bonds. The predicted octanol–water partition coefficient (Wildman–Crippen LogP) is 3.06. The molecular weight excluding hydrogens is 346 g/mol. The number of amides is 2. The molecule has 1 aromatic carbocycles. The van der Waals surface area contributed by atoms with Crippen molar-refractivity contribution in [3.05, 3.63) is 29.5 Å². The van der Waals surface area contributed by atoms with Crippen LogP contribution in [0.5, 0.6) is 5.75 Å². The van der Waals surface area contributed by atoms with Crippen molar-refractivity contribution in [2.24, 2.45) is 11.7 Å². The number of anilines is 1. The van der Waals surface area contributed by atoms with Crippen molar-refractivity contribution < 1.29 is 14.3 Å². The summed E-state index contributed by atoms with van der Waals surface area (Å²) in [4.78, 5) is 28.5. The van der Waals surface area contributed by atoms with Crippen LogP contribution in [0.3, 0.4) is 0 Å². The van der Waals surface area contributed by atoms with Crippen LogP contribution < -0.4 is 15.8 Å². The molecule has 1 aliphatic rings. The molecular formula is C16H17N3O3S2. The highest BCUT2D eigenvalue weighted by atomic mass is 32.2. The Hall–Kier alpha value is -2.06. The molecule has 0 radical (unpaired) electrons. The minimum atomic E-state index is -0.532. The van der Waals surface area contributed by atoms with E-state index in [-0.39, 0.29) is 11.8 Å². The topological polar surface area (TPSA) is 94.3 Å². The maximum Gasteiger partial charge on any atom is 0.252 e. The van der Waals surface area contributed by atoms with E-state index in [9.17, 15) is 9.59 Å². The van der Waals surface area contributed by atoms with Gasteiger partial charge >= 0.3 is 0 Å². The SMILES string of the molecule is COc1cc(C)c(Sc2cnc(NC(=O)C3CC3)s2)cc1C(N)=O. The van der Waals surface area contributed by atoms with Crippen molar-refractivity contribution in [1.82, 2.24) is 4.98 Å². The smallest absolute Gasteiger partial charge is 0.252 e. The highest BCUT2D eigenvalue weighted by Crippen LogP contribution is 2.38. The molecule has 0 unspecified atom stereocenters. The Morgan fingerprint density at radius 1 is 1.42 bits per heavy atom. The Kier molecular flexibility index (Phi) is 4.77. The number of hydrogen-bond donors (Lipinski definition) is 2. The first-order valence-electron chi connectivity index (χ1n) is 7.41. The zero-order valence-electron chi connectivity index (χ0n) is 13.3. The van der Waals surface area contributed by atoms with E-state index in [1.54, 1.807) is 18.3 Å². The molecule has 0 spiro atoms. The van der Waals surface area contributed by atoms with Crippen molar-refractivity contribution in [2.45, 2.75) is 28.9 Å². The number of nitrogens with two attached hydrogens (primary N) is 1. The summed E-state index contributed by atoms with van der Waals surface area (Å²) in [5.41, 5.74) is 6.73. The molecule has 1 aromatic heterocycles. The van der Waals surface area contributed by atoms with E-state index in [1.165, 1.54) is 30.2 Å². The minimum absolute atomic E-state index is 0.0394. The molecule has 6 nitrogen and oxygen atoms in total. The van der Waals surface area contributed by atoms with Gasteiger partial charge in [-0.1, -0.05) is 23.1 Å². The third kappa shape index (κ3) is 3.70. The van der Waals surface area contributed by atoms with Gasteiger partial charge in [-0.3, -0.25) is 9.59 Å². The van der Waals surface area contributed by atoms with E-state index >= 15 is 0 Å². The maximum absolute atomic E-state index is 11.8. The average Bonchev–Trinajstić information content (AvgIpc) is 3.31. The number of aryl methyl sites for hydroxylation is 1. The van der Waals surface area contributed by atoms with Crippen molar-refractivity contribution >= 4 is 40.0 Å². The zero-order valence-corrected chi connectivity index (χ0v) is 14.9. The fraction of sp³-hybridized carbons (Fsp3) is 0.312. The lowest BCUT2D eigenvalue weighted by atomic mass is 10.1. The number of ether oxygens (including phenoxy) is 1. The van der Waals surface area contributed by atoms with Crippen molar-refractivity contribution in [2.75, 3.05) is 12.4 Å². The number of rotatable bonds is 6. The molecule has 0 bridgehead atoms. The summed E-state index contributed by atoms with van der Waals surface area (Å²) >= 11 is 2.88. The van der Waals surface area contributed by atoms with Crippen LogP contribution in [0, 0.1) is 12.8 Å². The van der Waals surface area contributed by atoms with Crippen LogP contribution in [0.15, 0.2) is 27.4 Å². The molecule has 1 heterocycles. The van der Waals surface area contributed by atoms with E-state index in [1.807, 2.05) is 6.92 Å². The van der Waals surface area contributed by atoms with E-state index in [0.717, 1.165) is 27.5 Å². The first-order chi connectivity index (χ1) is 11.5. The first-order valence-corrected chi connectivity index (χ1v) is 9.04. The van der Waals surface area contributed by atoms with Gasteiger partial charge < -0.3 is 15.8 Å².